The molecule has 2 bridgehead atoms. The molecule has 9 heteroatoms. The number of likely N-dealkylation sites (tertiary alicyclic amines) is 1. The SMILES string of the molecule is CC[C@H](C)[C@H](CO)N1C(=O)[C@@H]2[C@@H](C(=O)NCc3ccccc3)[C@]3(C)OC2(CC3C)C1C(=O)Nc1c(C)cccc1Cl. The van der Waals surface area contributed by atoms with E-state index in [-0.39, 0.29) is 30.3 Å². The number of carbonyl (C=O) groups excluding carboxylic acids is 3. The molecule has 1 spiro atoms. The van der Waals surface area contributed by atoms with E-state index in [0.29, 0.717) is 30.1 Å². The van der Waals surface area contributed by atoms with Gasteiger partial charge in [0.1, 0.15) is 11.6 Å². The molecule has 0 saturated carbocycles. The molecule has 3 aliphatic heterocycles. The van der Waals surface area contributed by atoms with E-state index in [1.807, 2.05) is 71.0 Å². The summed E-state index contributed by atoms with van der Waals surface area (Å²) in [5.41, 5.74) is 0.0461. The van der Waals surface area contributed by atoms with Crippen LogP contribution >= 0.6 is 11.6 Å². The topological polar surface area (TPSA) is 108 Å². The average Bonchev–Trinajstić information content (AvgIpc) is 3.47. The fourth-order valence-corrected chi connectivity index (χ4v) is 7.69. The Morgan fingerprint density at radius 2 is 1.88 bits per heavy atom. The van der Waals surface area contributed by atoms with Gasteiger partial charge in [0.25, 0.3) is 0 Å². The zero-order valence-electron chi connectivity index (χ0n) is 24.3. The second-order valence-corrected chi connectivity index (χ2v) is 12.6. The third-order valence-electron chi connectivity index (χ3n) is 9.91. The minimum absolute atomic E-state index is 0.0903. The molecular weight excluding hydrogens is 542 g/mol. The quantitative estimate of drug-likeness (QED) is 0.409. The normalized spacial score (nSPS) is 31.6. The lowest BCUT2D eigenvalue weighted by Crippen LogP contribution is -2.57. The predicted molar refractivity (Wildman–Crippen MR) is 157 cm³/mol. The number of aliphatic hydroxyl groups is 1. The van der Waals surface area contributed by atoms with Gasteiger partial charge in [0.15, 0.2) is 0 Å². The number of benzene rings is 2. The lowest BCUT2D eigenvalue weighted by Gasteiger charge is -2.39. The van der Waals surface area contributed by atoms with Crippen LogP contribution in [0.3, 0.4) is 0 Å². The molecule has 8 nitrogen and oxygen atoms in total. The predicted octanol–water partition coefficient (Wildman–Crippen LogP) is 4.32. The Bertz CT molecular complexity index is 1320. The van der Waals surface area contributed by atoms with E-state index >= 15 is 0 Å². The van der Waals surface area contributed by atoms with Crippen molar-refractivity contribution in [3.8, 4) is 0 Å². The summed E-state index contributed by atoms with van der Waals surface area (Å²) in [7, 11) is 0. The van der Waals surface area contributed by atoms with Crippen molar-refractivity contribution >= 4 is 35.0 Å². The molecule has 0 radical (unpaired) electrons. The molecule has 3 unspecified atom stereocenters. The van der Waals surface area contributed by atoms with Gasteiger partial charge in [0.05, 0.1) is 40.8 Å². The number of para-hydroxylation sites is 1. The average molecular weight is 582 g/mol. The third kappa shape index (κ3) is 4.64. The molecule has 2 aromatic carbocycles. The number of aryl methyl sites for hydroxylation is 1. The zero-order valence-corrected chi connectivity index (χ0v) is 25.1. The van der Waals surface area contributed by atoms with E-state index in [2.05, 4.69) is 10.6 Å². The van der Waals surface area contributed by atoms with Gasteiger partial charge in [0, 0.05) is 6.54 Å². The van der Waals surface area contributed by atoms with Crippen LogP contribution in [-0.4, -0.2) is 57.6 Å². The lowest BCUT2D eigenvalue weighted by molar-refractivity contribution is -0.150. The summed E-state index contributed by atoms with van der Waals surface area (Å²) in [5.74, 6) is -2.85. The molecule has 8 atom stereocenters. The molecule has 41 heavy (non-hydrogen) atoms. The minimum atomic E-state index is -1.22. The second-order valence-electron chi connectivity index (χ2n) is 12.2. The molecule has 2 aromatic rings. The van der Waals surface area contributed by atoms with Crippen LogP contribution in [0, 0.1) is 30.6 Å². The summed E-state index contributed by atoms with van der Waals surface area (Å²) >= 11 is 6.47. The Morgan fingerprint density at radius 1 is 1.17 bits per heavy atom. The fraction of sp³-hybridized carbons (Fsp3) is 0.531. The maximum absolute atomic E-state index is 14.5. The summed E-state index contributed by atoms with van der Waals surface area (Å²) in [6.07, 6.45) is 1.14. The summed E-state index contributed by atoms with van der Waals surface area (Å²) in [4.78, 5) is 44.2. The summed E-state index contributed by atoms with van der Waals surface area (Å²) in [6, 6.07) is 13.3. The highest BCUT2D eigenvalue weighted by atomic mass is 35.5. The maximum Gasteiger partial charge on any atom is 0.250 e. The maximum atomic E-state index is 14.5. The number of anilines is 1. The molecule has 5 rings (SSSR count). The van der Waals surface area contributed by atoms with Crippen LogP contribution in [0.1, 0.15) is 51.7 Å². The second kappa shape index (κ2) is 11.0. The number of nitrogens with zero attached hydrogens (tertiary/aromatic N) is 1. The Morgan fingerprint density at radius 3 is 2.51 bits per heavy atom. The summed E-state index contributed by atoms with van der Waals surface area (Å²) in [5, 5.41) is 16.9. The highest BCUT2D eigenvalue weighted by Gasteiger charge is 2.80. The van der Waals surface area contributed by atoms with Gasteiger partial charge in [0.2, 0.25) is 17.7 Å². The number of fused-ring (bicyclic) bond motifs is 1. The largest absolute Gasteiger partial charge is 0.394 e. The number of hydrogen-bond acceptors (Lipinski definition) is 5. The highest BCUT2D eigenvalue weighted by Crippen LogP contribution is 2.65. The van der Waals surface area contributed by atoms with Crippen LogP contribution in [0.5, 0.6) is 0 Å². The molecular formula is C32H40ClN3O5. The van der Waals surface area contributed by atoms with E-state index in [0.717, 1.165) is 11.1 Å². The van der Waals surface area contributed by atoms with Crippen molar-refractivity contribution in [3.05, 3.63) is 64.7 Å². The van der Waals surface area contributed by atoms with Gasteiger partial charge in [-0.15, -0.1) is 0 Å². The van der Waals surface area contributed by atoms with Crippen LogP contribution in [0.15, 0.2) is 48.5 Å². The van der Waals surface area contributed by atoms with Gasteiger partial charge in [-0.05, 0) is 49.3 Å². The molecule has 3 amide bonds. The minimum Gasteiger partial charge on any atom is -0.394 e. The monoisotopic (exact) mass is 581 g/mol. The number of halogens is 1. The number of carbonyl (C=O) groups is 3. The molecule has 3 heterocycles. The van der Waals surface area contributed by atoms with Gasteiger partial charge in [-0.2, -0.15) is 0 Å². The fourth-order valence-electron chi connectivity index (χ4n) is 7.42. The van der Waals surface area contributed by atoms with Gasteiger partial charge in [-0.25, -0.2) is 0 Å². The molecule has 3 saturated heterocycles. The van der Waals surface area contributed by atoms with E-state index in [1.54, 1.807) is 12.1 Å². The number of rotatable bonds is 9. The lowest BCUT2D eigenvalue weighted by atomic mass is 9.62. The van der Waals surface area contributed by atoms with Crippen molar-refractivity contribution in [1.29, 1.82) is 0 Å². The number of aliphatic hydroxyl groups excluding tert-OH is 1. The molecule has 3 N–H and O–H groups in total. The van der Waals surface area contributed by atoms with Crippen molar-refractivity contribution in [2.24, 2.45) is 23.7 Å². The smallest absolute Gasteiger partial charge is 0.250 e. The first-order valence-corrected chi connectivity index (χ1v) is 14.9. The first kappa shape index (κ1) is 29.5. The number of ether oxygens (including phenoxy) is 1. The molecule has 3 aliphatic rings. The molecule has 0 aromatic heterocycles. The van der Waals surface area contributed by atoms with E-state index in [9.17, 15) is 19.5 Å². The first-order valence-electron chi connectivity index (χ1n) is 14.5. The van der Waals surface area contributed by atoms with Crippen LogP contribution in [-0.2, 0) is 25.7 Å². The number of nitrogens with one attached hydrogen (secondary N) is 2. The number of hydrogen-bond donors (Lipinski definition) is 3. The van der Waals surface area contributed by atoms with E-state index < -0.39 is 41.0 Å². The molecule has 3 fully saturated rings. The van der Waals surface area contributed by atoms with E-state index in [1.165, 1.54) is 4.90 Å². The van der Waals surface area contributed by atoms with Gasteiger partial charge in [-0.3, -0.25) is 14.4 Å². The van der Waals surface area contributed by atoms with Gasteiger partial charge >= 0.3 is 0 Å². The van der Waals surface area contributed by atoms with E-state index in [4.69, 9.17) is 16.3 Å². The highest BCUT2D eigenvalue weighted by molar-refractivity contribution is 6.34. The van der Waals surface area contributed by atoms with Crippen molar-refractivity contribution in [1.82, 2.24) is 10.2 Å². The third-order valence-corrected chi connectivity index (χ3v) is 10.2. The summed E-state index contributed by atoms with van der Waals surface area (Å²) < 4.78 is 6.81. The van der Waals surface area contributed by atoms with Crippen LogP contribution < -0.4 is 10.6 Å². The Kier molecular flexibility index (Phi) is 7.96. The number of amides is 3. The standard InChI is InChI=1S/C32H40ClN3O5/c1-6-18(2)23(17-37)36-27(29(39)35-26-19(3)11-10-14-22(26)33)32-15-20(4)31(5,41-32)24(25(32)30(36)40)28(38)34-16-21-12-8-7-9-13-21/h7-14,18,20,23-25,27,37H,6,15-17H2,1-5H3,(H,34,38)(H,35,39)/t18-,20?,23-,24-,25-,27?,31+,32?/m0/s1. The zero-order chi connectivity index (χ0) is 29.7. The van der Waals surface area contributed by atoms with Crippen LogP contribution in [0.2, 0.25) is 5.02 Å². The van der Waals surface area contributed by atoms with Crippen molar-refractivity contribution < 1.29 is 24.2 Å². The van der Waals surface area contributed by atoms with Crippen LogP contribution in [0.25, 0.3) is 0 Å². The van der Waals surface area contributed by atoms with Crippen molar-refractivity contribution in [2.75, 3.05) is 11.9 Å². The summed E-state index contributed by atoms with van der Waals surface area (Å²) in [6.45, 7) is 9.71. The van der Waals surface area contributed by atoms with Crippen molar-refractivity contribution in [2.45, 2.75) is 77.3 Å². The van der Waals surface area contributed by atoms with Gasteiger partial charge in [-0.1, -0.05) is 81.3 Å². The molecule has 0 aliphatic carbocycles. The Labute approximate surface area is 246 Å². The van der Waals surface area contributed by atoms with Crippen molar-refractivity contribution in [3.63, 3.8) is 0 Å². The molecule has 220 valence electrons. The van der Waals surface area contributed by atoms with Gasteiger partial charge < -0.3 is 25.4 Å². The van der Waals surface area contributed by atoms with Crippen LogP contribution in [0.4, 0.5) is 5.69 Å². The first-order chi connectivity index (χ1) is 19.5. The Hall–Kier alpha value is -2.94. The Balaban J connectivity index is 1.56.